The van der Waals surface area contributed by atoms with E-state index in [0.717, 1.165) is 5.56 Å². The molecular weight excluding hydrogens is 188 g/mol. The maximum Gasteiger partial charge on any atom is 0.255 e. The molecule has 0 unspecified atom stereocenters. The van der Waals surface area contributed by atoms with Gasteiger partial charge in [0, 0.05) is 25.5 Å². The first-order valence-electron chi connectivity index (χ1n) is 5.09. The number of nitrogens with zero attached hydrogens (tertiary/aromatic N) is 2. The third-order valence-corrected chi connectivity index (χ3v) is 2.29. The Kier molecular flexibility index (Phi) is 4.03. The average Bonchev–Trinajstić information content (AvgIpc) is 2.30. The van der Waals surface area contributed by atoms with Gasteiger partial charge in [-0.05, 0) is 25.5 Å². The van der Waals surface area contributed by atoms with Crippen LogP contribution in [0.25, 0.3) is 6.08 Å². The lowest BCUT2D eigenvalue weighted by atomic mass is 10.2. The second-order valence-electron chi connectivity index (χ2n) is 3.19. The summed E-state index contributed by atoms with van der Waals surface area (Å²) in [5.74, 6) is 0.0243. The van der Waals surface area contributed by atoms with E-state index in [9.17, 15) is 4.79 Å². The third kappa shape index (κ3) is 2.65. The first kappa shape index (κ1) is 11.4. The summed E-state index contributed by atoms with van der Waals surface area (Å²) in [4.78, 5) is 17.7. The Balaban J connectivity index is 2.94. The van der Waals surface area contributed by atoms with Crippen molar-refractivity contribution in [1.82, 2.24) is 9.88 Å². The van der Waals surface area contributed by atoms with E-state index in [2.05, 4.69) is 11.6 Å². The molecule has 0 aliphatic rings. The van der Waals surface area contributed by atoms with E-state index in [1.807, 2.05) is 13.8 Å². The standard InChI is InChI=1S/C12H16N2O/c1-4-10-7-11(9-13-8-10)12(15)14(5-2)6-3/h4,7-9H,1,5-6H2,2-3H3. The molecule has 0 spiro atoms. The van der Waals surface area contributed by atoms with Crippen LogP contribution in [0.3, 0.4) is 0 Å². The van der Waals surface area contributed by atoms with Gasteiger partial charge in [-0.15, -0.1) is 0 Å². The van der Waals surface area contributed by atoms with Crippen molar-refractivity contribution in [3.63, 3.8) is 0 Å². The Hall–Kier alpha value is -1.64. The van der Waals surface area contributed by atoms with E-state index < -0.39 is 0 Å². The normalized spacial score (nSPS) is 9.73. The smallest absolute Gasteiger partial charge is 0.255 e. The van der Waals surface area contributed by atoms with Crippen molar-refractivity contribution >= 4 is 12.0 Å². The van der Waals surface area contributed by atoms with Crippen molar-refractivity contribution in [1.29, 1.82) is 0 Å². The van der Waals surface area contributed by atoms with Gasteiger partial charge in [-0.1, -0.05) is 12.7 Å². The first-order chi connectivity index (χ1) is 7.22. The molecule has 15 heavy (non-hydrogen) atoms. The Bertz CT molecular complexity index is 356. The van der Waals surface area contributed by atoms with Crippen molar-refractivity contribution < 1.29 is 4.79 Å². The van der Waals surface area contributed by atoms with Crippen LogP contribution >= 0.6 is 0 Å². The van der Waals surface area contributed by atoms with Gasteiger partial charge in [0.1, 0.15) is 0 Å². The molecule has 1 aromatic rings. The van der Waals surface area contributed by atoms with E-state index >= 15 is 0 Å². The molecule has 1 heterocycles. The van der Waals surface area contributed by atoms with E-state index in [0.29, 0.717) is 18.7 Å². The minimum atomic E-state index is 0.0243. The molecule has 1 rings (SSSR count). The lowest BCUT2D eigenvalue weighted by molar-refractivity contribution is 0.0772. The molecule has 3 nitrogen and oxygen atoms in total. The highest BCUT2D eigenvalue weighted by Crippen LogP contribution is 2.07. The third-order valence-electron chi connectivity index (χ3n) is 2.29. The molecule has 0 aromatic carbocycles. The minimum absolute atomic E-state index is 0.0243. The summed E-state index contributed by atoms with van der Waals surface area (Å²) < 4.78 is 0. The highest BCUT2D eigenvalue weighted by molar-refractivity contribution is 5.94. The summed E-state index contributed by atoms with van der Waals surface area (Å²) in [5.41, 5.74) is 1.49. The molecule has 3 heteroatoms. The van der Waals surface area contributed by atoms with Gasteiger partial charge < -0.3 is 4.90 Å². The van der Waals surface area contributed by atoms with Crippen LogP contribution < -0.4 is 0 Å². The van der Waals surface area contributed by atoms with Crippen LogP contribution in [0.2, 0.25) is 0 Å². The second-order valence-corrected chi connectivity index (χ2v) is 3.19. The first-order valence-corrected chi connectivity index (χ1v) is 5.09. The average molecular weight is 204 g/mol. The topological polar surface area (TPSA) is 33.2 Å². The summed E-state index contributed by atoms with van der Waals surface area (Å²) in [5, 5.41) is 0. The monoisotopic (exact) mass is 204 g/mol. The Morgan fingerprint density at radius 2 is 2.13 bits per heavy atom. The van der Waals surface area contributed by atoms with Crippen LogP contribution in [-0.4, -0.2) is 28.9 Å². The molecule has 0 fully saturated rings. The molecule has 0 saturated carbocycles. The molecule has 0 N–H and O–H groups in total. The van der Waals surface area contributed by atoms with Gasteiger partial charge in [0.2, 0.25) is 0 Å². The van der Waals surface area contributed by atoms with Crippen molar-refractivity contribution in [2.75, 3.05) is 13.1 Å². The number of pyridine rings is 1. The van der Waals surface area contributed by atoms with E-state index in [4.69, 9.17) is 0 Å². The van der Waals surface area contributed by atoms with Gasteiger partial charge >= 0.3 is 0 Å². The van der Waals surface area contributed by atoms with Crippen molar-refractivity contribution in [3.05, 3.63) is 36.2 Å². The molecular formula is C12H16N2O. The van der Waals surface area contributed by atoms with Crippen LogP contribution in [0, 0.1) is 0 Å². The highest BCUT2D eigenvalue weighted by Gasteiger charge is 2.12. The van der Waals surface area contributed by atoms with E-state index in [1.54, 1.807) is 29.4 Å². The quantitative estimate of drug-likeness (QED) is 0.753. The summed E-state index contributed by atoms with van der Waals surface area (Å²) in [6.07, 6.45) is 4.96. The molecule has 0 bridgehead atoms. The number of carbonyl (C=O) groups excluding carboxylic acids is 1. The maximum atomic E-state index is 11.9. The van der Waals surface area contributed by atoms with Crippen LogP contribution in [0.4, 0.5) is 0 Å². The predicted octanol–water partition coefficient (Wildman–Crippen LogP) is 2.21. The SMILES string of the molecule is C=Cc1cncc(C(=O)N(CC)CC)c1. The molecule has 1 amide bonds. The lowest BCUT2D eigenvalue weighted by Gasteiger charge is -2.18. The van der Waals surface area contributed by atoms with Gasteiger partial charge in [-0.25, -0.2) is 0 Å². The predicted molar refractivity (Wildman–Crippen MR) is 61.6 cm³/mol. The van der Waals surface area contributed by atoms with Crippen LogP contribution in [0.1, 0.15) is 29.8 Å². The van der Waals surface area contributed by atoms with E-state index in [1.165, 1.54) is 0 Å². The molecule has 0 aliphatic carbocycles. The Morgan fingerprint density at radius 3 is 2.67 bits per heavy atom. The summed E-state index contributed by atoms with van der Waals surface area (Å²) in [7, 11) is 0. The summed E-state index contributed by atoms with van der Waals surface area (Å²) in [6.45, 7) is 9.01. The van der Waals surface area contributed by atoms with Crippen molar-refractivity contribution in [3.8, 4) is 0 Å². The number of aromatic nitrogens is 1. The van der Waals surface area contributed by atoms with E-state index in [-0.39, 0.29) is 5.91 Å². The fraction of sp³-hybridized carbons (Fsp3) is 0.333. The number of carbonyl (C=O) groups is 1. The maximum absolute atomic E-state index is 11.9. The van der Waals surface area contributed by atoms with Crippen LogP contribution in [-0.2, 0) is 0 Å². The molecule has 80 valence electrons. The van der Waals surface area contributed by atoms with Crippen LogP contribution in [0.5, 0.6) is 0 Å². The van der Waals surface area contributed by atoms with Gasteiger partial charge in [-0.3, -0.25) is 9.78 Å². The zero-order valence-electron chi connectivity index (χ0n) is 9.23. The molecule has 0 radical (unpaired) electrons. The number of hydrogen-bond donors (Lipinski definition) is 0. The number of amides is 1. The Labute approximate surface area is 90.4 Å². The number of hydrogen-bond acceptors (Lipinski definition) is 2. The molecule has 0 aliphatic heterocycles. The molecule has 0 saturated heterocycles. The number of rotatable bonds is 4. The molecule has 1 aromatic heterocycles. The largest absolute Gasteiger partial charge is 0.339 e. The fourth-order valence-corrected chi connectivity index (χ4v) is 1.38. The second kappa shape index (κ2) is 5.29. The van der Waals surface area contributed by atoms with Gasteiger partial charge in [0.15, 0.2) is 0 Å². The fourth-order valence-electron chi connectivity index (χ4n) is 1.38. The van der Waals surface area contributed by atoms with Gasteiger partial charge in [0.25, 0.3) is 5.91 Å². The summed E-state index contributed by atoms with van der Waals surface area (Å²) in [6, 6.07) is 1.81. The van der Waals surface area contributed by atoms with Crippen molar-refractivity contribution in [2.24, 2.45) is 0 Å². The van der Waals surface area contributed by atoms with Gasteiger partial charge in [0.05, 0.1) is 5.56 Å². The summed E-state index contributed by atoms with van der Waals surface area (Å²) >= 11 is 0. The Morgan fingerprint density at radius 1 is 1.47 bits per heavy atom. The minimum Gasteiger partial charge on any atom is -0.339 e. The zero-order chi connectivity index (χ0) is 11.3. The lowest BCUT2D eigenvalue weighted by Crippen LogP contribution is -2.30. The zero-order valence-corrected chi connectivity index (χ0v) is 9.23. The molecule has 0 atom stereocenters. The van der Waals surface area contributed by atoms with Crippen LogP contribution in [0.15, 0.2) is 25.0 Å². The van der Waals surface area contributed by atoms with Crippen molar-refractivity contribution in [2.45, 2.75) is 13.8 Å². The highest BCUT2D eigenvalue weighted by atomic mass is 16.2. The van der Waals surface area contributed by atoms with Gasteiger partial charge in [-0.2, -0.15) is 0 Å².